The molecule has 104 valence electrons. The maximum atomic E-state index is 6.31. The van der Waals surface area contributed by atoms with Crippen LogP contribution < -0.4 is 19.5 Å². The first-order chi connectivity index (χ1) is 9.31. The van der Waals surface area contributed by atoms with Crippen LogP contribution in [0.15, 0.2) is 6.07 Å². The van der Waals surface area contributed by atoms with Gasteiger partial charge >= 0.3 is 0 Å². The number of ether oxygens (including phenoxy) is 3. The zero-order valence-corrected chi connectivity index (χ0v) is 11.8. The van der Waals surface area contributed by atoms with Gasteiger partial charge in [-0.2, -0.15) is 0 Å². The lowest BCUT2D eigenvalue weighted by Gasteiger charge is -2.21. The van der Waals surface area contributed by atoms with E-state index in [-0.39, 0.29) is 6.04 Å². The first-order valence-electron chi connectivity index (χ1n) is 6.70. The van der Waals surface area contributed by atoms with Crippen LogP contribution in [0, 0.1) is 0 Å². The molecule has 1 saturated heterocycles. The van der Waals surface area contributed by atoms with E-state index < -0.39 is 0 Å². The van der Waals surface area contributed by atoms with Crippen LogP contribution in [-0.2, 0) is 0 Å². The molecule has 0 aliphatic carbocycles. The summed E-state index contributed by atoms with van der Waals surface area (Å²) in [7, 11) is 1.64. The van der Waals surface area contributed by atoms with Crippen molar-refractivity contribution in [1.29, 1.82) is 0 Å². The molecular weight excluding hydrogens is 266 g/mol. The number of fused-ring (bicyclic) bond motifs is 1. The van der Waals surface area contributed by atoms with Gasteiger partial charge in [-0.3, -0.25) is 0 Å². The zero-order valence-electron chi connectivity index (χ0n) is 11.0. The third kappa shape index (κ3) is 2.35. The number of nitrogens with one attached hydrogen (secondary N) is 1. The average Bonchev–Trinajstić information content (AvgIpc) is 2.83. The molecule has 1 aromatic rings. The fraction of sp³-hybridized carbons (Fsp3) is 0.571. The molecule has 1 aromatic carbocycles. The summed E-state index contributed by atoms with van der Waals surface area (Å²) < 4.78 is 17.1. The molecule has 3 rings (SSSR count). The quantitative estimate of drug-likeness (QED) is 0.906. The van der Waals surface area contributed by atoms with Gasteiger partial charge in [-0.15, -0.1) is 0 Å². The molecule has 1 unspecified atom stereocenters. The van der Waals surface area contributed by atoms with Crippen LogP contribution in [0.4, 0.5) is 0 Å². The van der Waals surface area contributed by atoms with Crippen LogP contribution in [0.1, 0.15) is 30.9 Å². The van der Waals surface area contributed by atoms with Gasteiger partial charge in [-0.05, 0) is 19.4 Å². The lowest BCUT2D eigenvalue weighted by Crippen LogP contribution is -2.15. The van der Waals surface area contributed by atoms with Gasteiger partial charge in [0.15, 0.2) is 11.5 Å². The second-order valence-corrected chi connectivity index (χ2v) is 5.24. The van der Waals surface area contributed by atoms with Crippen LogP contribution in [-0.4, -0.2) is 26.9 Å². The van der Waals surface area contributed by atoms with E-state index in [0.717, 1.165) is 42.9 Å². The highest BCUT2D eigenvalue weighted by molar-refractivity contribution is 6.32. The van der Waals surface area contributed by atoms with Crippen molar-refractivity contribution in [3.8, 4) is 17.2 Å². The average molecular weight is 284 g/mol. The zero-order chi connectivity index (χ0) is 13.2. The molecule has 0 radical (unpaired) electrons. The maximum Gasteiger partial charge on any atom is 0.169 e. The molecule has 0 saturated carbocycles. The predicted octanol–water partition coefficient (Wildman–Crippen LogP) is 2.93. The lowest BCUT2D eigenvalue weighted by atomic mass is 10.0. The van der Waals surface area contributed by atoms with Crippen molar-refractivity contribution in [3.05, 3.63) is 16.7 Å². The van der Waals surface area contributed by atoms with Gasteiger partial charge in [0, 0.05) is 18.5 Å². The lowest BCUT2D eigenvalue weighted by molar-refractivity contribution is 0.294. The molecule has 0 aromatic heterocycles. The Bertz CT molecular complexity index is 472. The third-order valence-corrected chi connectivity index (χ3v) is 3.87. The third-order valence-electron chi connectivity index (χ3n) is 3.59. The molecule has 1 N–H and O–H groups in total. The fourth-order valence-electron chi connectivity index (χ4n) is 2.74. The van der Waals surface area contributed by atoms with Gasteiger partial charge in [0.2, 0.25) is 0 Å². The molecule has 19 heavy (non-hydrogen) atoms. The minimum absolute atomic E-state index is 0.226. The van der Waals surface area contributed by atoms with E-state index in [4.69, 9.17) is 25.8 Å². The predicted molar refractivity (Wildman–Crippen MR) is 73.6 cm³/mol. The Morgan fingerprint density at radius 1 is 1.32 bits per heavy atom. The summed E-state index contributed by atoms with van der Waals surface area (Å²) in [6.07, 6.45) is 3.09. The van der Waals surface area contributed by atoms with E-state index in [0.29, 0.717) is 24.0 Å². The summed E-state index contributed by atoms with van der Waals surface area (Å²) in [5.41, 5.74) is 1.00. The highest BCUT2D eigenvalue weighted by atomic mass is 35.5. The molecule has 0 amide bonds. The second-order valence-electron chi connectivity index (χ2n) is 4.83. The van der Waals surface area contributed by atoms with E-state index in [2.05, 4.69) is 5.32 Å². The van der Waals surface area contributed by atoms with Crippen molar-refractivity contribution >= 4 is 11.6 Å². The smallest absolute Gasteiger partial charge is 0.169 e. The summed E-state index contributed by atoms with van der Waals surface area (Å²) >= 11 is 6.31. The van der Waals surface area contributed by atoms with E-state index >= 15 is 0 Å². The standard InChI is InChI=1S/C14H18ClNO3/c1-17-13-9(15)8-11-14(19-7-3-6-18-11)12(13)10-4-2-5-16-10/h8,10,16H,2-7H2,1H3. The van der Waals surface area contributed by atoms with Gasteiger partial charge < -0.3 is 19.5 Å². The summed E-state index contributed by atoms with van der Waals surface area (Å²) in [6, 6.07) is 2.02. The summed E-state index contributed by atoms with van der Waals surface area (Å²) in [5, 5.41) is 4.05. The Morgan fingerprint density at radius 2 is 2.16 bits per heavy atom. The Balaban J connectivity index is 2.13. The molecule has 2 aliphatic rings. The summed E-state index contributed by atoms with van der Waals surface area (Å²) in [6.45, 7) is 2.33. The molecule has 1 fully saturated rings. The number of benzene rings is 1. The van der Waals surface area contributed by atoms with E-state index in [1.807, 2.05) is 0 Å². The number of halogens is 1. The van der Waals surface area contributed by atoms with Gasteiger partial charge in [0.05, 0.1) is 30.9 Å². The normalized spacial score (nSPS) is 22.1. The van der Waals surface area contributed by atoms with Crippen molar-refractivity contribution in [2.24, 2.45) is 0 Å². The van der Waals surface area contributed by atoms with Crippen molar-refractivity contribution < 1.29 is 14.2 Å². The van der Waals surface area contributed by atoms with Crippen molar-refractivity contribution in [1.82, 2.24) is 5.32 Å². The molecule has 2 heterocycles. The van der Waals surface area contributed by atoms with Gasteiger partial charge in [-0.1, -0.05) is 11.6 Å². The number of methoxy groups -OCH3 is 1. The maximum absolute atomic E-state index is 6.31. The summed E-state index contributed by atoms with van der Waals surface area (Å²) in [4.78, 5) is 0. The van der Waals surface area contributed by atoms with E-state index in [9.17, 15) is 0 Å². The Kier molecular flexibility index (Phi) is 3.71. The number of hydrogen-bond donors (Lipinski definition) is 1. The van der Waals surface area contributed by atoms with Crippen molar-refractivity contribution in [2.75, 3.05) is 26.9 Å². The van der Waals surface area contributed by atoms with E-state index in [1.54, 1.807) is 13.2 Å². The van der Waals surface area contributed by atoms with Crippen molar-refractivity contribution in [2.45, 2.75) is 25.3 Å². The van der Waals surface area contributed by atoms with Gasteiger partial charge in [-0.25, -0.2) is 0 Å². The minimum Gasteiger partial charge on any atom is -0.495 e. The van der Waals surface area contributed by atoms with Crippen LogP contribution in [0.25, 0.3) is 0 Å². The second kappa shape index (κ2) is 5.47. The van der Waals surface area contributed by atoms with Crippen LogP contribution >= 0.6 is 11.6 Å². The molecule has 1 atom stereocenters. The van der Waals surface area contributed by atoms with Gasteiger partial charge in [0.25, 0.3) is 0 Å². The van der Waals surface area contributed by atoms with Crippen LogP contribution in [0.5, 0.6) is 17.2 Å². The molecule has 0 spiro atoms. The molecule has 2 aliphatic heterocycles. The number of hydrogen-bond acceptors (Lipinski definition) is 4. The molecule has 4 nitrogen and oxygen atoms in total. The first-order valence-corrected chi connectivity index (χ1v) is 7.08. The van der Waals surface area contributed by atoms with Gasteiger partial charge in [0.1, 0.15) is 5.75 Å². The first kappa shape index (κ1) is 12.9. The monoisotopic (exact) mass is 283 g/mol. The Hall–Kier alpha value is -1.13. The number of rotatable bonds is 2. The van der Waals surface area contributed by atoms with Crippen molar-refractivity contribution in [3.63, 3.8) is 0 Å². The molecule has 0 bridgehead atoms. The molecular formula is C14H18ClNO3. The fourth-order valence-corrected chi connectivity index (χ4v) is 3.01. The SMILES string of the molecule is COc1c(Cl)cc2c(c1C1CCCN1)OCCCO2. The topological polar surface area (TPSA) is 39.7 Å². The molecule has 5 heteroatoms. The summed E-state index contributed by atoms with van der Waals surface area (Å²) in [5.74, 6) is 2.22. The highest BCUT2D eigenvalue weighted by Gasteiger charge is 2.29. The highest BCUT2D eigenvalue weighted by Crippen LogP contribution is 2.48. The Labute approximate surface area is 118 Å². The largest absolute Gasteiger partial charge is 0.495 e. The van der Waals surface area contributed by atoms with Crippen LogP contribution in [0.2, 0.25) is 5.02 Å². The van der Waals surface area contributed by atoms with Crippen LogP contribution in [0.3, 0.4) is 0 Å². The van der Waals surface area contributed by atoms with E-state index in [1.165, 1.54) is 0 Å². The minimum atomic E-state index is 0.226. The Morgan fingerprint density at radius 3 is 2.89 bits per heavy atom.